The van der Waals surface area contributed by atoms with Gasteiger partial charge in [-0.1, -0.05) is 70.5 Å². The summed E-state index contributed by atoms with van der Waals surface area (Å²) in [5.41, 5.74) is 4.48. The number of rotatable bonds is 5. The number of para-hydroxylation sites is 2. The van der Waals surface area contributed by atoms with Gasteiger partial charge < -0.3 is 9.47 Å². The third kappa shape index (κ3) is 3.77. The Labute approximate surface area is 184 Å². The van der Waals surface area contributed by atoms with Crippen molar-refractivity contribution in [2.75, 3.05) is 6.54 Å². The molecule has 4 aromatic rings. The van der Waals surface area contributed by atoms with Crippen LogP contribution in [0.4, 0.5) is 0 Å². The Morgan fingerprint density at radius 3 is 2.37 bits per heavy atom. The molecule has 1 fully saturated rings. The van der Waals surface area contributed by atoms with Crippen LogP contribution >= 0.6 is 15.9 Å². The van der Waals surface area contributed by atoms with Gasteiger partial charge in [0.15, 0.2) is 0 Å². The number of imidazole rings is 1. The Balaban J connectivity index is 1.46. The molecule has 5 heteroatoms. The zero-order valence-corrected chi connectivity index (χ0v) is 18.1. The maximum atomic E-state index is 12.8. The molecule has 150 valence electrons. The third-order valence-electron chi connectivity index (χ3n) is 5.73. The number of nitrogens with zero attached hydrogens (tertiary/aromatic N) is 3. The zero-order valence-electron chi connectivity index (χ0n) is 16.5. The summed E-state index contributed by atoms with van der Waals surface area (Å²) < 4.78 is 3.35. The van der Waals surface area contributed by atoms with E-state index < -0.39 is 0 Å². The van der Waals surface area contributed by atoms with Crippen molar-refractivity contribution in [2.45, 2.75) is 25.4 Å². The van der Waals surface area contributed by atoms with E-state index in [-0.39, 0.29) is 11.8 Å². The fraction of sp³-hybridized carbons (Fsp3) is 0.200. The van der Waals surface area contributed by atoms with Gasteiger partial charge in [-0.2, -0.15) is 0 Å². The summed E-state index contributed by atoms with van der Waals surface area (Å²) in [4.78, 5) is 19.7. The number of likely N-dealkylation sites (tertiary alicyclic amines) is 1. The minimum absolute atomic E-state index is 0.101. The van der Waals surface area contributed by atoms with Crippen LogP contribution in [0.3, 0.4) is 0 Å². The van der Waals surface area contributed by atoms with E-state index in [9.17, 15) is 4.79 Å². The van der Waals surface area contributed by atoms with Crippen LogP contribution in [0.1, 0.15) is 29.3 Å². The molecular weight excluding hydrogens is 438 g/mol. The van der Waals surface area contributed by atoms with Gasteiger partial charge in [-0.25, -0.2) is 4.98 Å². The third-order valence-corrected chi connectivity index (χ3v) is 6.26. The molecule has 1 aromatic heterocycles. The molecule has 0 radical (unpaired) electrons. The van der Waals surface area contributed by atoms with Gasteiger partial charge in [0.2, 0.25) is 5.91 Å². The Hall–Kier alpha value is -2.92. The quantitative estimate of drug-likeness (QED) is 0.402. The predicted octanol–water partition coefficient (Wildman–Crippen LogP) is 5.36. The first-order valence-electron chi connectivity index (χ1n) is 10.2. The van der Waals surface area contributed by atoms with Crippen molar-refractivity contribution in [1.82, 2.24) is 14.5 Å². The fourth-order valence-corrected chi connectivity index (χ4v) is 4.51. The lowest BCUT2D eigenvalue weighted by Gasteiger charge is -2.17. The molecule has 3 aromatic carbocycles. The van der Waals surface area contributed by atoms with Crippen LogP contribution in [0.25, 0.3) is 11.0 Å². The van der Waals surface area contributed by atoms with Crippen LogP contribution in [-0.2, 0) is 17.9 Å². The molecular formula is C25H22BrN3O. The van der Waals surface area contributed by atoms with Crippen molar-refractivity contribution < 1.29 is 4.79 Å². The lowest BCUT2D eigenvalue weighted by Crippen LogP contribution is -2.24. The SMILES string of the molecule is O=C1C[C@@H](c2nc3ccccc3n2Cc2ccc(Br)cc2)CN1Cc1ccccc1. The predicted molar refractivity (Wildman–Crippen MR) is 122 cm³/mol. The van der Waals surface area contributed by atoms with Crippen LogP contribution in [0.15, 0.2) is 83.3 Å². The molecule has 5 rings (SSSR count). The first-order chi connectivity index (χ1) is 14.7. The number of hydrogen-bond acceptors (Lipinski definition) is 2. The minimum Gasteiger partial charge on any atom is -0.338 e. The summed E-state index contributed by atoms with van der Waals surface area (Å²) >= 11 is 3.51. The molecule has 4 nitrogen and oxygen atoms in total. The Morgan fingerprint density at radius 2 is 1.57 bits per heavy atom. The van der Waals surface area contributed by atoms with Crippen molar-refractivity contribution in [2.24, 2.45) is 0 Å². The van der Waals surface area contributed by atoms with Crippen LogP contribution < -0.4 is 0 Å². The number of carbonyl (C=O) groups excluding carboxylic acids is 1. The second kappa shape index (κ2) is 8.07. The Bertz CT molecular complexity index is 1180. The lowest BCUT2D eigenvalue weighted by atomic mass is 10.1. The Kier molecular flexibility index (Phi) is 5.13. The number of benzene rings is 3. The molecule has 0 saturated carbocycles. The fourth-order valence-electron chi connectivity index (χ4n) is 4.25. The smallest absolute Gasteiger partial charge is 0.223 e. The van der Waals surface area contributed by atoms with Crippen molar-refractivity contribution in [3.8, 4) is 0 Å². The number of fused-ring (bicyclic) bond motifs is 1. The van der Waals surface area contributed by atoms with Crippen molar-refractivity contribution in [1.29, 1.82) is 0 Å². The summed E-state index contributed by atoms with van der Waals surface area (Å²) in [5, 5.41) is 0. The molecule has 2 heterocycles. The van der Waals surface area contributed by atoms with Gasteiger partial charge in [0.1, 0.15) is 5.82 Å². The first-order valence-corrected chi connectivity index (χ1v) is 11.0. The zero-order chi connectivity index (χ0) is 20.5. The topological polar surface area (TPSA) is 38.1 Å². The van der Waals surface area contributed by atoms with Crippen molar-refractivity contribution in [3.63, 3.8) is 0 Å². The second-order valence-electron chi connectivity index (χ2n) is 7.83. The van der Waals surface area contributed by atoms with Gasteiger partial charge >= 0.3 is 0 Å². The van der Waals surface area contributed by atoms with E-state index in [1.807, 2.05) is 35.2 Å². The molecule has 1 atom stereocenters. The Morgan fingerprint density at radius 1 is 0.867 bits per heavy atom. The van der Waals surface area contributed by atoms with Gasteiger partial charge in [0.05, 0.1) is 11.0 Å². The molecule has 0 N–H and O–H groups in total. The molecule has 0 aliphatic carbocycles. The van der Waals surface area contributed by atoms with Gasteiger partial charge in [0.25, 0.3) is 0 Å². The highest BCUT2D eigenvalue weighted by molar-refractivity contribution is 9.10. The normalized spacial score (nSPS) is 16.5. The highest BCUT2D eigenvalue weighted by Crippen LogP contribution is 2.32. The maximum absolute atomic E-state index is 12.8. The van der Waals surface area contributed by atoms with E-state index in [0.29, 0.717) is 19.5 Å². The molecule has 1 amide bonds. The standard InChI is InChI=1S/C25H22BrN3O/c26-21-12-10-19(11-13-21)16-29-23-9-5-4-8-22(23)27-25(29)20-14-24(30)28(17-20)15-18-6-2-1-3-7-18/h1-13,20H,14-17H2/t20-/m1/s1. The molecule has 1 saturated heterocycles. The average Bonchev–Trinajstić information content (AvgIpc) is 3.31. The molecule has 0 spiro atoms. The van der Waals surface area contributed by atoms with E-state index in [4.69, 9.17) is 4.98 Å². The first kappa shape index (κ1) is 19.1. The second-order valence-corrected chi connectivity index (χ2v) is 8.75. The van der Waals surface area contributed by atoms with E-state index in [0.717, 1.165) is 33.4 Å². The van der Waals surface area contributed by atoms with Crippen molar-refractivity contribution in [3.05, 3.63) is 100 Å². The summed E-state index contributed by atoms with van der Waals surface area (Å²) in [6.07, 6.45) is 0.510. The van der Waals surface area contributed by atoms with E-state index in [1.165, 1.54) is 5.56 Å². The van der Waals surface area contributed by atoms with Gasteiger partial charge in [0, 0.05) is 36.4 Å². The lowest BCUT2D eigenvalue weighted by molar-refractivity contribution is -0.128. The molecule has 1 aliphatic rings. The van der Waals surface area contributed by atoms with E-state index in [2.05, 4.69) is 69.0 Å². The molecule has 0 bridgehead atoms. The summed E-state index contributed by atoms with van der Waals surface area (Å²) in [6, 6.07) is 26.8. The van der Waals surface area contributed by atoms with Crippen molar-refractivity contribution >= 4 is 32.9 Å². The number of hydrogen-bond donors (Lipinski definition) is 0. The maximum Gasteiger partial charge on any atom is 0.223 e. The number of halogens is 1. The van der Waals surface area contributed by atoms with Crippen LogP contribution in [-0.4, -0.2) is 26.9 Å². The largest absolute Gasteiger partial charge is 0.338 e. The molecule has 30 heavy (non-hydrogen) atoms. The monoisotopic (exact) mass is 459 g/mol. The molecule has 0 unspecified atom stereocenters. The number of carbonyl (C=O) groups is 1. The summed E-state index contributed by atoms with van der Waals surface area (Å²) in [7, 11) is 0. The van der Waals surface area contributed by atoms with Crippen LogP contribution in [0, 0.1) is 0 Å². The van der Waals surface area contributed by atoms with E-state index >= 15 is 0 Å². The van der Waals surface area contributed by atoms with E-state index in [1.54, 1.807) is 0 Å². The summed E-state index contributed by atoms with van der Waals surface area (Å²) in [5.74, 6) is 1.30. The number of aromatic nitrogens is 2. The summed E-state index contributed by atoms with van der Waals surface area (Å²) in [6.45, 7) is 2.10. The van der Waals surface area contributed by atoms with Crippen LogP contribution in [0.2, 0.25) is 0 Å². The number of amides is 1. The average molecular weight is 460 g/mol. The minimum atomic E-state index is 0.101. The van der Waals surface area contributed by atoms with Gasteiger partial charge in [-0.3, -0.25) is 4.79 Å². The van der Waals surface area contributed by atoms with Crippen LogP contribution in [0.5, 0.6) is 0 Å². The highest BCUT2D eigenvalue weighted by Gasteiger charge is 2.34. The highest BCUT2D eigenvalue weighted by atomic mass is 79.9. The van der Waals surface area contributed by atoms with Gasteiger partial charge in [-0.05, 0) is 35.4 Å². The molecule has 1 aliphatic heterocycles. The van der Waals surface area contributed by atoms with Gasteiger partial charge in [-0.15, -0.1) is 0 Å².